The Morgan fingerprint density at radius 2 is 1.81 bits per heavy atom. The lowest BCUT2D eigenvalue weighted by molar-refractivity contribution is 0.0597. The summed E-state index contributed by atoms with van der Waals surface area (Å²) in [6.07, 6.45) is 1.05. The molecule has 0 bridgehead atoms. The van der Waals surface area contributed by atoms with Gasteiger partial charge in [0.15, 0.2) is 5.96 Å². The Morgan fingerprint density at radius 3 is 2.41 bits per heavy atom. The molecule has 0 fully saturated rings. The summed E-state index contributed by atoms with van der Waals surface area (Å²) < 4.78 is 10.0. The highest BCUT2D eigenvalue weighted by Gasteiger charge is 2.13. The summed E-state index contributed by atoms with van der Waals surface area (Å²) in [5.41, 5.74) is 1.33. The van der Waals surface area contributed by atoms with Gasteiger partial charge in [0.2, 0.25) is 0 Å². The number of carbonyl (C=O) groups is 1. The molecule has 8 heteroatoms. The third-order valence-corrected chi connectivity index (χ3v) is 5.08. The molecular formula is C19H26IN3O3S. The van der Waals surface area contributed by atoms with Crippen LogP contribution in [0.15, 0.2) is 35.3 Å². The fourth-order valence-electron chi connectivity index (χ4n) is 2.42. The van der Waals surface area contributed by atoms with Crippen LogP contribution in [0.3, 0.4) is 0 Å². The molecule has 0 aliphatic heterocycles. The highest BCUT2D eigenvalue weighted by Crippen LogP contribution is 2.21. The van der Waals surface area contributed by atoms with Gasteiger partial charge in [-0.05, 0) is 36.2 Å². The van der Waals surface area contributed by atoms with E-state index in [4.69, 9.17) is 9.47 Å². The minimum atomic E-state index is -0.421. The maximum atomic E-state index is 11.9. The van der Waals surface area contributed by atoms with Crippen molar-refractivity contribution >= 4 is 47.2 Å². The van der Waals surface area contributed by atoms with Crippen molar-refractivity contribution in [3.05, 3.63) is 51.2 Å². The number of ether oxygens (including phenoxy) is 2. The Balaban J connectivity index is 0.00000364. The van der Waals surface area contributed by atoms with E-state index in [0.29, 0.717) is 23.8 Å². The predicted molar refractivity (Wildman–Crippen MR) is 120 cm³/mol. The van der Waals surface area contributed by atoms with E-state index in [1.807, 2.05) is 6.07 Å². The number of aliphatic imine (C=N–C) groups is 1. The van der Waals surface area contributed by atoms with Crippen molar-refractivity contribution in [1.82, 2.24) is 10.6 Å². The molecule has 2 N–H and O–H groups in total. The number of hydrogen-bond donors (Lipinski definition) is 2. The van der Waals surface area contributed by atoms with Crippen molar-refractivity contribution in [2.45, 2.75) is 26.4 Å². The normalized spacial score (nSPS) is 10.7. The fourth-order valence-corrected chi connectivity index (χ4v) is 3.32. The number of benzene rings is 1. The lowest BCUT2D eigenvalue weighted by Crippen LogP contribution is -2.36. The van der Waals surface area contributed by atoms with E-state index < -0.39 is 5.97 Å². The molecule has 0 unspecified atom stereocenters. The maximum Gasteiger partial charge on any atom is 0.341 e. The lowest BCUT2D eigenvalue weighted by atomic mass is 10.1. The van der Waals surface area contributed by atoms with E-state index in [-0.39, 0.29) is 24.0 Å². The Bertz CT molecular complexity index is 777. The first-order valence-corrected chi connectivity index (χ1v) is 9.20. The van der Waals surface area contributed by atoms with Crippen LogP contribution in [0.2, 0.25) is 0 Å². The molecule has 2 rings (SSSR count). The summed E-state index contributed by atoms with van der Waals surface area (Å²) in [5.74, 6) is 0.773. The maximum absolute atomic E-state index is 11.9. The summed E-state index contributed by atoms with van der Waals surface area (Å²) in [4.78, 5) is 18.7. The zero-order chi connectivity index (χ0) is 18.9. The summed E-state index contributed by atoms with van der Waals surface area (Å²) in [7, 11) is 4.61. The van der Waals surface area contributed by atoms with Crippen molar-refractivity contribution < 1.29 is 14.3 Å². The molecule has 27 heavy (non-hydrogen) atoms. The minimum absolute atomic E-state index is 0. The Labute approximate surface area is 181 Å². The zero-order valence-electron chi connectivity index (χ0n) is 16.0. The third kappa shape index (κ3) is 6.69. The largest absolute Gasteiger partial charge is 0.496 e. The van der Waals surface area contributed by atoms with Crippen LogP contribution in [0.1, 0.15) is 32.6 Å². The number of guanidine groups is 1. The number of halogens is 1. The van der Waals surface area contributed by atoms with E-state index >= 15 is 0 Å². The molecule has 0 saturated heterocycles. The smallest absolute Gasteiger partial charge is 0.341 e. The molecule has 1 aromatic carbocycles. The highest BCUT2D eigenvalue weighted by molar-refractivity contribution is 14.0. The van der Waals surface area contributed by atoms with Crippen molar-refractivity contribution in [2.75, 3.05) is 21.3 Å². The van der Waals surface area contributed by atoms with Gasteiger partial charge >= 0.3 is 5.97 Å². The van der Waals surface area contributed by atoms with Gasteiger partial charge in [-0.1, -0.05) is 13.0 Å². The van der Waals surface area contributed by atoms with E-state index in [1.54, 1.807) is 30.5 Å². The van der Waals surface area contributed by atoms with Gasteiger partial charge in [-0.15, -0.1) is 35.3 Å². The molecule has 0 spiro atoms. The number of rotatable bonds is 7. The first kappa shape index (κ1) is 23.2. The van der Waals surface area contributed by atoms with Crippen LogP contribution in [-0.4, -0.2) is 33.2 Å². The van der Waals surface area contributed by atoms with Crippen molar-refractivity contribution in [3.63, 3.8) is 0 Å². The molecule has 1 aromatic heterocycles. The third-order valence-electron chi connectivity index (χ3n) is 3.85. The molecule has 0 saturated carbocycles. The molecule has 0 amide bonds. The molecule has 0 aliphatic carbocycles. The van der Waals surface area contributed by atoms with E-state index in [0.717, 1.165) is 18.5 Å². The second kappa shape index (κ2) is 11.8. The predicted octanol–water partition coefficient (Wildman–Crippen LogP) is 3.59. The Hall–Kier alpha value is -1.81. The van der Waals surface area contributed by atoms with Gasteiger partial charge in [0.25, 0.3) is 0 Å². The summed E-state index contributed by atoms with van der Waals surface area (Å²) in [5, 5.41) is 6.55. The molecule has 0 atom stereocenters. The van der Waals surface area contributed by atoms with Crippen LogP contribution in [0.5, 0.6) is 5.75 Å². The van der Waals surface area contributed by atoms with Crippen LogP contribution in [-0.2, 0) is 24.2 Å². The summed E-state index contributed by atoms with van der Waals surface area (Å²) >= 11 is 1.80. The topological polar surface area (TPSA) is 72.0 Å². The second-order valence-corrected chi connectivity index (χ2v) is 6.78. The Kier molecular flexibility index (Phi) is 10.2. The SMILES string of the molecule is CCc1ccc(CNC(=NC)NCc2ccc(OC)c(C(=O)OC)c2)s1.I. The van der Waals surface area contributed by atoms with Crippen molar-refractivity contribution in [1.29, 1.82) is 0 Å². The number of carbonyl (C=O) groups excluding carboxylic acids is 1. The van der Waals surface area contributed by atoms with E-state index in [9.17, 15) is 4.79 Å². The average Bonchev–Trinajstić information content (AvgIpc) is 3.15. The van der Waals surface area contributed by atoms with E-state index in [2.05, 4.69) is 34.7 Å². The quantitative estimate of drug-likeness (QED) is 0.262. The monoisotopic (exact) mass is 503 g/mol. The number of nitrogens with one attached hydrogen (secondary N) is 2. The number of thiophene rings is 1. The fraction of sp³-hybridized carbons (Fsp3) is 0.368. The van der Waals surface area contributed by atoms with Gasteiger partial charge in [-0.2, -0.15) is 0 Å². The molecule has 0 radical (unpaired) electrons. The van der Waals surface area contributed by atoms with Gasteiger partial charge in [0.05, 0.1) is 20.8 Å². The number of methoxy groups -OCH3 is 2. The van der Waals surface area contributed by atoms with Gasteiger partial charge < -0.3 is 20.1 Å². The first-order chi connectivity index (χ1) is 12.6. The van der Waals surface area contributed by atoms with Crippen LogP contribution >= 0.6 is 35.3 Å². The highest BCUT2D eigenvalue weighted by atomic mass is 127. The number of esters is 1. The molecule has 2 aromatic rings. The molecule has 0 aliphatic rings. The second-order valence-electron chi connectivity index (χ2n) is 5.53. The average molecular weight is 503 g/mol. The molecule has 6 nitrogen and oxygen atoms in total. The summed E-state index contributed by atoms with van der Waals surface area (Å²) in [6.45, 7) is 3.40. The minimum Gasteiger partial charge on any atom is -0.496 e. The lowest BCUT2D eigenvalue weighted by Gasteiger charge is -2.13. The molecule has 148 valence electrons. The summed E-state index contributed by atoms with van der Waals surface area (Å²) in [6, 6.07) is 9.72. The number of nitrogens with zero attached hydrogens (tertiary/aromatic N) is 1. The van der Waals surface area contributed by atoms with Gasteiger partial charge in [0, 0.05) is 23.3 Å². The van der Waals surface area contributed by atoms with Crippen LogP contribution in [0.25, 0.3) is 0 Å². The molecule has 1 heterocycles. The van der Waals surface area contributed by atoms with Gasteiger partial charge in [0.1, 0.15) is 11.3 Å². The van der Waals surface area contributed by atoms with Gasteiger partial charge in [-0.3, -0.25) is 4.99 Å². The van der Waals surface area contributed by atoms with Crippen molar-refractivity contribution in [3.8, 4) is 5.75 Å². The number of aryl methyl sites for hydroxylation is 1. The van der Waals surface area contributed by atoms with E-state index in [1.165, 1.54) is 24.0 Å². The Morgan fingerprint density at radius 1 is 1.11 bits per heavy atom. The van der Waals surface area contributed by atoms with Crippen LogP contribution in [0.4, 0.5) is 0 Å². The first-order valence-electron chi connectivity index (χ1n) is 8.38. The van der Waals surface area contributed by atoms with Gasteiger partial charge in [-0.25, -0.2) is 4.79 Å². The zero-order valence-corrected chi connectivity index (χ0v) is 19.1. The molecular weight excluding hydrogens is 477 g/mol. The number of hydrogen-bond acceptors (Lipinski definition) is 5. The standard InChI is InChI=1S/C19H25N3O3S.HI/c1-5-14-7-8-15(26-14)12-22-19(20-2)21-11-13-6-9-17(24-3)16(10-13)18(23)25-4;/h6-10H,5,11-12H2,1-4H3,(H2,20,21,22);1H. The van der Waals surface area contributed by atoms with Crippen molar-refractivity contribution in [2.24, 2.45) is 4.99 Å². The van der Waals surface area contributed by atoms with Crippen LogP contribution < -0.4 is 15.4 Å². The van der Waals surface area contributed by atoms with Crippen LogP contribution in [0, 0.1) is 0 Å².